The van der Waals surface area contributed by atoms with Crippen LogP contribution in [0.1, 0.15) is 213 Å². The number of rotatable bonds is 46. The maximum absolute atomic E-state index is 12.8. The van der Waals surface area contributed by atoms with Gasteiger partial charge in [0.05, 0.1) is 0 Å². The summed E-state index contributed by atoms with van der Waals surface area (Å²) in [6.45, 7) is 6.28. The molecule has 0 aliphatic rings. The molecule has 0 N–H and O–H groups in total. The Balaban J connectivity index is 4.58. The largest absolute Gasteiger partial charge is 0.462 e. The van der Waals surface area contributed by atoms with E-state index < -0.39 is 6.10 Å². The van der Waals surface area contributed by atoms with Crippen molar-refractivity contribution >= 4 is 17.9 Å². The minimum absolute atomic E-state index is 0.123. The third-order valence-electron chi connectivity index (χ3n) is 10.6. The topological polar surface area (TPSA) is 78.9 Å². The first-order chi connectivity index (χ1) is 33.0. The molecule has 0 aromatic heterocycles. The minimum Gasteiger partial charge on any atom is -0.462 e. The second-order valence-corrected chi connectivity index (χ2v) is 17.0. The number of esters is 3. The van der Waals surface area contributed by atoms with Crippen molar-refractivity contribution in [1.82, 2.24) is 0 Å². The summed E-state index contributed by atoms with van der Waals surface area (Å²) in [5.74, 6) is -1.04. The van der Waals surface area contributed by atoms with Crippen molar-refractivity contribution < 1.29 is 28.6 Å². The van der Waals surface area contributed by atoms with Crippen LogP contribution in [-0.2, 0) is 28.6 Å². The zero-order valence-corrected chi connectivity index (χ0v) is 42.9. The Labute approximate surface area is 411 Å². The molecule has 6 heteroatoms. The Morgan fingerprint density at radius 2 is 0.597 bits per heavy atom. The molecule has 6 nitrogen and oxygen atoms in total. The van der Waals surface area contributed by atoms with Gasteiger partial charge in [-0.3, -0.25) is 14.4 Å². The summed E-state index contributed by atoms with van der Waals surface area (Å²) in [5.41, 5.74) is 0. The van der Waals surface area contributed by atoms with Crippen molar-refractivity contribution in [3.8, 4) is 0 Å². The van der Waals surface area contributed by atoms with Gasteiger partial charge in [0.1, 0.15) is 13.2 Å². The highest BCUT2D eigenvalue weighted by Gasteiger charge is 2.19. The summed E-state index contributed by atoms with van der Waals surface area (Å²) in [6, 6.07) is 0. The summed E-state index contributed by atoms with van der Waals surface area (Å²) < 4.78 is 16.7. The van der Waals surface area contributed by atoms with Gasteiger partial charge in [-0.05, 0) is 128 Å². The van der Waals surface area contributed by atoms with Gasteiger partial charge in [0.2, 0.25) is 0 Å². The van der Waals surface area contributed by atoms with Gasteiger partial charge in [-0.15, -0.1) is 0 Å². The van der Waals surface area contributed by atoms with Crippen LogP contribution in [0, 0.1) is 0 Å². The predicted molar refractivity (Wildman–Crippen MR) is 288 cm³/mol. The molecular weight excluding hydrogens is 829 g/mol. The molecule has 0 heterocycles. The molecule has 0 bridgehead atoms. The second kappa shape index (κ2) is 54.2. The van der Waals surface area contributed by atoms with Crippen LogP contribution in [0.3, 0.4) is 0 Å². The molecule has 67 heavy (non-hydrogen) atoms. The van der Waals surface area contributed by atoms with Gasteiger partial charge in [-0.25, -0.2) is 0 Å². The molecule has 0 aliphatic carbocycles. The van der Waals surface area contributed by atoms with Gasteiger partial charge >= 0.3 is 17.9 Å². The molecule has 0 unspecified atom stereocenters. The van der Waals surface area contributed by atoms with Crippen LogP contribution in [0.15, 0.2) is 134 Å². The smallest absolute Gasteiger partial charge is 0.306 e. The lowest BCUT2D eigenvalue weighted by Gasteiger charge is -2.18. The monoisotopic (exact) mass is 925 g/mol. The first-order valence-electron chi connectivity index (χ1n) is 26.7. The van der Waals surface area contributed by atoms with Crippen molar-refractivity contribution in [3.63, 3.8) is 0 Å². The maximum Gasteiger partial charge on any atom is 0.306 e. The number of hydrogen-bond donors (Lipinski definition) is 0. The first-order valence-corrected chi connectivity index (χ1v) is 26.7. The van der Waals surface area contributed by atoms with E-state index in [1.165, 1.54) is 51.4 Å². The van der Waals surface area contributed by atoms with Gasteiger partial charge in [0.15, 0.2) is 6.10 Å². The van der Waals surface area contributed by atoms with Crippen LogP contribution in [0.25, 0.3) is 0 Å². The number of carbonyl (C=O) groups excluding carboxylic acids is 3. The summed E-state index contributed by atoms with van der Waals surface area (Å²) in [6.07, 6.45) is 75.8. The molecule has 1 atom stereocenters. The van der Waals surface area contributed by atoms with Crippen LogP contribution >= 0.6 is 0 Å². The fourth-order valence-corrected chi connectivity index (χ4v) is 6.67. The van der Waals surface area contributed by atoms with E-state index in [0.29, 0.717) is 19.3 Å². The Kier molecular flexibility index (Phi) is 50.6. The van der Waals surface area contributed by atoms with Gasteiger partial charge in [-0.1, -0.05) is 199 Å². The highest BCUT2D eigenvalue weighted by Crippen LogP contribution is 2.12. The molecule has 0 saturated carbocycles. The number of carbonyl (C=O) groups is 3. The molecule has 0 fully saturated rings. The lowest BCUT2D eigenvalue weighted by molar-refractivity contribution is -0.167. The summed E-state index contributed by atoms with van der Waals surface area (Å²) in [7, 11) is 0. The Bertz CT molecular complexity index is 1480. The summed E-state index contributed by atoms with van der Waals surface area (Å²) >= 11 is 0. The number of ether oxygens (including phenoxy) is 3. The minimum atomic E-state index is -0.833. The average molecular weight is 925 g/mol. The van der Waals surface area contributed by atoms with Gasteiger partial charge < -0.3 is 14.2 Å². The van der Waals surface area contributed by atoms with Crippen LogP contribution in [-0.4, -0.2) is 37.2 Å². The number of allylic oxidation sites excluding steroid dienone is 22. The maximum atomic E-state index is 12.8. The third kappa shape index (κ3) is 52.4. The molecule has 0 aliphatic heterocycles. The van der Waals surface area contributed by atoms with E-state index in [1.807, 2.05) is 0 Å². The third-order valence-corrected chi connectivity index (χ3v) is 10.6. The van der Waals surface area contributed by atoms with Crippen LogP contribution < -0.4 is 0 Å². The highest BCUT2D eigenvalue weighted by molar-refractivity contribution is 5.71. The Morgan fingerprint density at radius 1 is 0.313 bits per heavy atom. The molecule has 376 valence electrons. The molecule has 0 spiro atoms. The predicted octanol–water partition coefficient (Wildman–Crippen LogP) is 17.9. The molecule has 0 aromatic carbocycles. The average Bonchev–Trinajstić information content (AvgIpc) is 3.33. The molecule has 0 rings (SSSR count). The Hall–Kier alpha value is -4.45. The van der Waals surface area contributed by atoms with Crippen LogP contribution in [0.2, 0.25) is 0 Å². The lowest BCUT2D eigenvalue weighted by Crippen LogP contribution is -2.30. The lowest BCUT2D eigenvalue weighted by atomic mass is 10.1. The summed E-state index contributed by atoms with van der Waals surface area (Å²) in [4.78, 5) is 38.0. The van der Waals surface area contributed by atoms with E-state index in [4.69, 9.17) is 14.2 Å². The Morgan fingerprint density at radius 3 is 0.985 bits per heavy atom. The second-order valence-electron chi connectivity index (χ2n) is 17.0. The SMILES string of the molecule is CC/C=C\C/C=C\C/C=C\C/C=C\C/C=C\CCCC(=O)O[C@H](COC(=O)CCCC/C=C\C/C=C\C/C=C\C/C=C\CC)COC(=O)CCCCCCCCC/C=C\C/C=C\CCCCC. The summed E-state index contributed by atoms with van der Waals surface area (Å²) in [5, 5.41) is 0. The van der Waals surface area contributed by atoms with Crippen LogP contribution in [0.4, 0.5) is 0 Å². The number of hydrogen-bond acceptors (Lipinski definition) is 6. The molecule has 0 amide bonds. The van der Waals surface area contributed by atoms with E-state index in [2.05, 4.69) is 154 Å². The van der Waals surface area contributed by atoms with E-state index in [9.17, 15) is 14.4 Å². The fourth-order valence-electron chi connectivity index (χ4n) is 6.67. The standard InChI is InChI=1S/C61H96O6/c1-4-7-10-13-16-19-22-25-28-30-33-36-39-42-45-48-51-54-60(63)66-57-58(56-65-59(62)53-50-47-44-41-38-35-32-27-24-21-18-15-12-9-6-3)67-61(64)55-52-49-46-43-40-37-34-31-29-26-23-20-17-14-11-8-5-2/h8-9,11-12,16-21,25-29,32,34,37-38,41,43,46,58H,4-7,10,13-15,22-24,30-31,33,35-36,39-40,42,44-45,47-57H2,1-3H3/b11-8-,12-9-,19-16-,20-17-,21-18-,28-25-,29-26-,32-27-,37-34-,41-38-,46-43-/t58-/m1/s1. The van der Waals surface area contributed by atoms with Crippen molar-refractivity contribution in [2.45, 2.75) is 219 Å². The number of unbranched alkanes of at least 4 members (excludes halogenated alkanes) is 13. The molecular formula is C61H96O6. The van der Waals surface area contributed by atoms with E-state index in [-0.39, 0.29) is 44.0 Å². The van der Waals surface area contributed by atoms with E-state index in [0.717, 1.165) is 109 Å². The van der Waals surface area contributed by atoms with E-state index in [1.54, 1.807) is 0 Å². The van der Waals surface area contributed by atoms with Gasteiger partial charge in [-0.2, -0.15) is 0 Å². The van der Waals surface area contributed by atoms with Gasteiger partial charge in [0, 0.05) is 19.3 Å². The van der Waals surface area contributed by atoms with Crippen molar-refractivity contribution in [3.05, 3.63) is 134 Å². The van der Waals surface area contributed by atoms with E-state index >= 15 is 0 Å². The van der Waals surface area contributed by atoms with Crippen molar-refractivity contribution in [2.24, 2.45) is 0 Å². The fraction of sp³-hybridized carbons (Fsp3) is 0.590. The van der Waals surface area contributed by atoms with Crippen molar-refractivity contribution in [2.75, 3.05) is 13.2 Å². The van der Waals surface area contributed by atoms with Crippen LogP contribution in [0.5, 0.6) is 0 Å². The first kappa shape index (κ1) is 62.5. The molecule has 0 saturated heterocycles. The quantitative estimate of drug-likeness (QED) is 0.0262. The molecule has 0 radical (unpaired) electrons. The highest BCUT2D eigenvalue weighted by atomic mass is 16.6. The van der Waals surface area contributed by atoms with Gasteiger partial charge in [0.25, 0.3) is 0 Å². The van der Waals surface area contributed by atoms with Crippen molar-refractivity contribution in [1.29, 1.82) is 0 Å². The normalized spacial score (nSPS) is 13.2. The molecule has 0 aromatic rings. The zero-order valence-electron chi connectivity index (χ0n) is 42.9. The zero-order chi connectivity index (χ0) is 48.6.